The maximum absolute atomic E-state index is 12.0. The van der Waals surface area contributed by atoms with E-state index in [-0.39, 0.29) is 30.3 Å². The van der Waals surface area contributed by atoms with Gasteiger partial charge in [0.25, 0.3) is 0 Å². The number of hydrogen-bond acceptors (Lipinski definition) is 5. The van der Waals surface area contributed by atoms with Crippen molar-refractivity contribution in [2.24, 2.45) is 5.92 Å². The van der Waals surface area contributed by atoms with Crippen LogP contribution in [0.25, 0.3) is 0 Å². The van der Waals surface area contributed by atoms with Crippen molar-refractivity contribution in [1.29, 1.82) is 0 Å². The summed E-state index contributed by atoms with van der Waals surface area (Å²) in [7, 11) is 0. The molecule has 0 aliphatic heterocycles. The van der Waals surface area contributed by atoms with E-state index in [0.717, 1.165) is 25.7 Å². The number of rotatable bonds is 9. The monoisotopic (exact) mass is 293 g/mol. The number of benzene rings is 1. The Morgan fingerprint density at radius 1 is 1.24 bits per heavy atom. The summed E-state index contributed by atoms with van der Waals surface area (Å²) in [6.45, 7) is 2.42. The van der Waals surface area contributed by atoms with Gasteiger partial charge in [-0.3, -0.25) is 0 Å². The van der Waals surface area contributed by atoms with Crippen LogP contribution >= 0.6 is 0 Å². The van der Waals surface area contributed by atoms with E-state index < -0.39 is 11.9 Å². The lowest BCUT2D eigenvalue weighted by Crippen LogP contribution is -2.25. The summed E-state index contributed by atoms with van der Waals surface area (Å²) in [6.07, 6.45) is 3.34. The van der Waals surface area contributed by atoms with Gasteiger partial charge in [0.2, 0.25) is 0 Å². The third kappa shape index (κ3) is 5.55. The number of carboxylic acids is 1. The fourth-order valence-electron chi connectivity index (χ4n) is 2.06. The third-order valence-corrected chi connectivity index (χ3v) is 3.41. The second-order valence-electron chi connectivity index (χ2n) is 4.93. The van der Waals surface area contributed by atoms with E-state index in [0.29, 0.717) is 0 Å². The van der Waals surface area contributed by atoms with E-state index >= 15 is 0 Å². The van der Waals surface area contributed by atoms with Crippen molar-refractivity contribution in [3.05, 3.63) is 35.4 Å². The smallest absolute Gasteiger partial charge is 0.338 e. The van der Waals surface area contributed by atoms with E-state index in [1.807, 2.05) is 6.92 Å². The molecule has 1 rings (SSSR count). The number of carboxylic acid groups (broad SMARTS) is 1. The molecule has 0 aromatic heterocycles. The molecule has 5 nitrogen and oxygen atoms in total. The molecule has 21 heavy (non-hydrogen) atoms. The summed E-state index contributed by atoms with van der Waals surface area (Å²) < 4.78 is 5.21. The third-order valence-electron chi connectivity index (χ3n) is 3.41. The van der Waals surface area contributed by atoms with Crippen molar-refractivity contribution in [2.45, 2.75) is 32.6 Å². The summed E-state index contributed by atoms with van der Waals surface area (Å²) in [6, 6.07) is 5.86. The molecule has 0 aliphatic carbocycles. The van der Waals surface area contributed by atoms with E-state index in [1.165, 1.54) is 18.2 Å². The van der Waals surface area contributed by atoms with Crippen LogP contribution in [0.2, 0.25) is 0 Å². The molecular formula is C16H21O5-. The molecule has 1 N–H and O–H groups in total. The SMILES string of the molecule is CC[C@H](CCCCO)COC(=O)c1ccccc1C(=O)[O-]. The van der Waals surface area contributed by atoms with Crippen LogP contribution in [0.4, 0.5) is 0 Å². The zero-order valence-corrected chi connectivity index (χ0v) is 12.2. The first-order valence-electron chi connectivity index (χ1n) is 7.18. The maximum atomic E-state index is 12.0. The lowest BCUT2D eigenvalue weighted by Gasteiger charge is -2.16. The summed E-state index contributed by atoms with van der Waals surface area (Å²) >= 11 is 0. The fourth-order valence-corrected chi connectivity index (χ4v) is 2.06. The van der Waals surface area contributed by atoms with Crippen molar-refractivity contribution in [3.63, 3.8) is 0 Å². The van der Waals surface area contributed by atoms with Crippen molar-refractivity contribution in [1.82, 2.24) is 0 Å². The zero-order chi connectivity index (χ0) is 15.7. The van der Waals surface area contributed by atoms with Crippen LogP contribution in [-0.4, -0.2) is 30.3 Å². The number of carbonyl (C=O) groups is 2. The van der Waals surface area contributed by atoms with Gasteiger partial charge in [-0.1, -0.05) is 38.0 Å². The second kappa shape index (κ2) is 9.13. The molecule has 1 atom stereocenters. The molecule has 0 amide bonds. The topological polar surface area (TPSA) is 86.7 Å². The molecule has 0 radical (unpaired) electrons. The lowest BCUT2D eigenvalue weighted by atomic mass is 10.0. The van der Waals surface area contributed by atoms with Gasteiger partial charge in [-0.25, -0.2) is 4.79 Å². The summed E-state index contributed by atoms with van der Waals surface area (Å²) in [5.74, 6) is -1.82. The highest BCUT2D eigenvalue weighted by molar-refractivity contribution is 6.01. The van der Waals surface area contributed by atoms with E-state index in [1.54, 1.807) is 6.07 Å². The van der Waals surface area contributed by atoms with Crippen molar-refractivity contribution in [2.75, 3.05) is 13.2 Å². The average Bonchev–Trinajstić information content (AvgIpc) is 2.50. The number of hydrogen-bond donors (Lipinski definition) is 1. The van der Waals surface area contributed by atoms with E-state index in [2.05, 4.69) is 0 Å². The number of ether oxygens (including phenoxy) is 1. The summed E-state index contributed by atoms with van der Waals surface area (Å²) in [5, 5.41) is 19.7. The highest BCUT2D eigenvalue weighted by Gasteiger charge is 2.15. The van der Waals surface area contributed by atoms with Gasteiger partial charge in [0.1, 0.15) is 0 Å². The molecule has 0 bridgehead atoms. The quantitative estimate of drug-likeness (QED) is 0.549. The first kappa shape index (κ1) is 17.2. The Kier molecular flexibility index (Phi) is 7.46. The number of aliphatic hydroxyl groups excluding tert-OH is 1. The first-order valence-corrected chi connectivity index (χ1v) is 7.18. The molecule has 0 saturated heterocycles. The highest BCUT2D eigenvalue weighted by atomic mass is 16.5. The standard InChI is InChI=1S/C16H22O5/c1-2-12(7-5-6-10-17)11-21-16(20)14-9-4-3-8-13(14)15(18)19/h3-4,8-9,12,17H,2,5-7,10-11H2,1H3,(H,18,19)/p-1/t12-/m1/s1. The Hall–Kier alpha value is -1.88. The minimum Gasteiger partial charge on any atom is -0.545 e. The first-order chi connectivity index (χ1) is 10.1. The molecule has 5 heteroatoms. The van der Waals surface area contributed by atoms with Gasteiger partial charge in [0.05, 0.1) is 18.1 Å². The van der Waals surface area contributed by atoms with Gasteiger partial charge in [-0.05, 0) is 24.8 Å². The Morgan fingerprint density at radius 2 is 1.90 bits per heavy atom. The van der Waals surface area contributed by atoms with Gasteiger partial charge in [-0.15, -0.1) is 0 Å². The fraction of sp³-hybridized carbons (Fsp3) is 0.500. The molecule has 0 fully saturated rings. The predicted octanol–water partition coefficient (Wildman–Crippen LogP) is 1.40. The second-order valence-corrected chi connectivity index (χ2v) is 4.93. The van der Waals surface area contributed by atoms with Crippen LogP contribution < -0.4 is 5.11 Å². The molecule has 0 aliphatic rings. The zero-order valence-electron chi connectivity index (χ0n) is 12.2. The van der Waals surface area contributed by atoms with E-state index in [9.17, 15) is 14.7 Å². The van der Waals surface area contributed by atoms with Gasteiger partial charge < -0.3 is 19.7 Å². The maximum Gasteiger partial charge on any atom is 0.338 e. The number of aliphatic hydroxyl groups is 1. The Bertz CT molecular complexity index is 469. The molecule has 0 saturated carbocycles. The summed E-state index contributed by atoms with van der Waals surface area (Å²) in [4.78, 5) is 22.9. The molecule has 116 valence electrons. The number of aromatic carboxylic acids is 1. The molecule has 1 aromatic rings. The molecule has 0 heterocycles. The number of carbonyl (C=O) groups excluding carboxylic acids is 2. The average molecular weight is 293 g/mol. The van der Waals surface area contributed by atoms with Gasteiger partial charge in [0, 0.05) is 12.2 Å². The minimum atomic E-state index is -1.39. The number of unbranched alkanes of at least 4 members (excludes halogenated alkanes) is 1. The largest absolute Gasteiger partial charge is 0.545 e. The predicted molar refractivity (Wildman–Crippen MR) is 75.8 cm³/mol. The Morgan fingerprint density at radius 3 is 2.48 bits per heavy atom. The summed E-state index contributed by atoms with van der Waals surface area (Å²) in [5.41, 5.74) is -0.140. The van der Waals surface area contributed by atoms with Crippen molar-refractivity contribution in [3.8, 4) is 0 Å². The molecule has 0 unspecified atom stereocenters. The van der Waals surface area contributed by atoms with Crippen molar-refractivity contribution >= 4 is 11.9 Å². The van der Waals surface area contributed by atoms with Gasteiger partial charge in [-0.2, -0.15) is 0 Å². The van der Waals surface area contributed by atoms with Crippen molar-refractivity contribution < 1.29 is 24.5 Å². The lowest BCUT2D eigenvalue weighted by molar-refractivity contribution is -0.255. The Balaban J connectivity index is 2.58. The van der Waals surface area contributed by atoms with Crippen LogP contribution in [-0.2, 0) is 4.74 Å². The van der Waals surface area contributed by atoms with Gasteiger partial charge in [0.15, 0.2) is 0 Å². The number of esters is 1. The van der Waals surface area contributed by atoms with Crippen LogP contribution in [0.1, 0.15) is 53.3 Å². The normalized spacial score (nSPS) is 11.9. The minimum absolute atomic E-state index is 0.0164. The molecule has 0 spiro atoms. The Labute approximate surface area is 124 Å². The molecule has 1 aromatic carbocycles. The van der Waals surface area contributed by atoms with Crippen LogP contribution in [0.5, 0.6) is 0 Å². The van der Waals surface area contributed by atoms with Crippen LogP contribution in [0.15, 0.2) is 24.3 Å². The van der Waals surface area contributed by atoms with E-state index in [4.69, 9.17) is 9.84 Å². The van der Waals surface area contributed by atoms with Crippen LogP contribution in [0, 0.1) is 5.92 Å². The molecular weight excluding hydrogens is 272 g/mol. The van der Waals surface area contributed by atoms with Crippen LogP contribution in [0.3, 0.4) is 0 Å². The van der Waals surface area contributed by atoms with Gasteiger partial charge >= 0.3 is 5.97 Å². The highest BCUT2D eigenvalue weighted by Crippen LogP contribution is 2.15.